The van der Waals surface area contributed by atoms with E-state index in [1.54, 1.807) is 11.3 Å². The van der Waals surface area contributed by atoms with E-state index in [1.165, 1.54) is 6.42 Å². The average molecular weight is 325 g/mol. The number of carbonyl (C=O) groups is 1. The van der Waals surface area contributed by atoms with Crippen molar-refractivity contribution in [3.63, 3.8) is 0 Å². The molecule has 124 valence electrons. The van der Waals surface area contributed by atoms with E-state index in [0.717, 1.165) is 42.1 Å². The van der Waals surface area contributed by atoms with Gasteiger partial charge in [0.2, 0.25) is 0 Å². The lowest BCUT2D eigenvalue weighted by atomic mass is 10.0. The molecule has 1 aliphatic heterocycles. The number of thiazole rings is 1. The summed E-state index contributed by atoms with van der Waals surface area (Å²) in [6.45, 7) is 9.71. The molecule has 1 fully saturated rings. The lowest BCUT2D eigenvalue weighted by Crippen LogP contribution is -2.42. The molecule has 1 aliphatic rings. The molecule has 5 nitrogen and oxygen atoms in total. The molecule has 1 unspecified atom stereocenters. The van der Waals surface area contributed by atoms with Gasteiger partial charge in [0, 0.05) is 23.2 Å². The van der Waals surface area contributed by atoms with Gasteiger partial charge in [0.05, 0.1) is 12.6 Å². The topological polar surface area (TPSA) is 55.6 Å². The number of nitrogens with zero attached hydrogens (tertiary/aromatic N) is 2. The van der Waals surface area contributed by atoms with Gasteiger partial charge in [-0.25, -0.2) is 4.79 Å². The number of carbonyl (C=O) groups excluding carboxylic acids is 1. The van der Waals surface area contributed by atoms with Gasteiger partial charge in [-0.3, -0.25) is 0 Å². The van der Waals surface area contributed by atoms with Gasteiger partial charge in [0.1, 0.15) is 0 Å². The van der Waals surface area contributed by atoms with Gasteiger partial charge in [-0.1, -0.05) is 6.92 Å². The lowest BCUT2D eigenvalue weighted by Gasteiger charge is -2.23. The highest BCUT2D eigenvalue weighted by atomic mass is 32.1. The van der Waals surface area contributed by atoms with Crippen LogP contribution in [0.1, 0.15) is 51.3 Å². The first-order valence-electron chi connectivity index (χ1n) is 8.05. The van der Waals surface area contributed by atoms with Crippen LogP contribution >= 0.6 is 11.3 Å². The minimum atomic E-state index is -0.271. The van der Waals surface area contributed by atoms with Gasteiger partial charge in [-0.15, -0.1) is 11.3 Å². The zero-order chi connectivity index (χ0) is 16.2. The first kappa shape index (κ1) is 17.2. The summed E-state index contributed by atoms with van der Waals surface area (Å²) in [5, 5.41) is 2.95. The van der Waals surface area contributed by atoms with Crippen LogP contribution in [0.15, 0.2) is 11.2 Å². The molecule has 2 heterocycles. The molecule has 2 rings (SSSR count). The maximum absolute atomic E-state index is 12.1. The molecule has 1 aromatic rings. The largest absolute Gasteiger partial charge is 0.376 e. The van der Waals surface area contributed by atoms with Crippen LogP contribution < -0.4 is 10.1 Å². The van der Waals surface area contributed by atoms with E-state index in [2.05, 4.69) is 28.0 Å². The van der Waals surface area contributed by atoms with Crippen LogP contribution in [-0.4, -0.2) is 28.8 Å². The molecule has 6 heteroatoms. The van der Waals surface area contributed by atoms with Gasteiger partial charge >= 0.3 is 6.03 Å². The van der Waals surface area contributed by atoms with E-state index < -0.39 is 0 Å². The van der Waals surface area contributed by atoms with Gasteiger partial charge < -0.3 is 14.6 Å². The number of amides is 2. The minimum Gasteiger partial charge on any atom is -0.376 e. The van der Waals surface area contributed by atoms with E-state index in [1.807, 2.05) is 20.8 Å². The van der Waals surface area contributed by atoms with Crippen molar-refractivity contribution in [2.24, 2.45) is 4.99 Å². The first-order valence-corrected chi connectivity index (χ1v) is 8.86. The molecule has 1 aromatic heterocycles. The second kappa shape index (κ2) is 7.42. The summed E-state index contributed by atoms with van der Waals surface area (Å²) in [7, 11) is 0. The summed E-state index contributed by atoms with van der Waals surface area (Å²) in [6, 6.07) is -0.271. The van der Waals surface area contributed by atoms with Gasteiger partial charge in [-0.05, 0) is 46.5 Å². The summed E-state index contributed by atoms with van der Waals surface area (Å²) in [5.74, 6) is 0. The van der Waals surface area contributed by atoms with Crippen molar-refractivity contribution in [2.75, 3.05) is 6.61 Å². The second-order valence-electron chi connectivity index (χ2n) is 6.54. The monoisotopic (exact) mass is 325 g/mol. The van der Waals surface area contributed by atoms with Crippen LogP contribution in [0.25, 0.3) is 0 Å². The average Bonchev–Trinajstić information content (AvgIpc) is 2.79. The molecule has 0 spiro atoms. The van der Waals surface area contributed by atoms with Crippen LogP contribution in [0.5, 0.6) is 0 Å². The Bertz CT molecular complexity index is 568. The van der Waals surface area contributed by atoms with E-state index in [0.29, 0.717) is 0 Å². The summed E-state index contributed by atoms with van der Waals surface area (Å²) >= 11 is 1.54. The van der Waals surface area contributed by atoms with Crippen molar-refractivity contribution in [2.45, 2.75) is 71.6 Å². The molecule has 0 aromatic carbocycles. The molecule has 2 amide bonds. The summed E-state index contributed by atoms with van der Waals surface area (Å²) in [6.07, 6.45) is 6.60. The Hall–Kier alpha value is -1.14. The number of hydrogen-bond acceptors (Lipinski definition) is 3. The van der Waals surface area contributed by atoms with Crippen molar-refractivity contribution in [1.82, 2.24) is 9.88 Å². The molecular weight excluding hydrogens is 298 g/mol. The standard InChI is InChI=1S/C16H27N3O2S/c1-5-16(3,4)18-14(20)17-15-19(10-12(2)22-15)11-13-8-6-7-9-21-13/h10,13H,5-9,11H2,1-4H3,(H,18,20). The Morgan fingerprint density at radius 2 is 2.32 bits per heavy atom. The molecular formula is C16H27N3O2S. The van der Waals surface area contributed by atoms with Gasteiger partial charge in [0.15, 0.2) is 4.80 Å². The number of nitrogens with one attached hydrogen (secondary N) is 1. The zero-order valence-electron chi connectivity index (χ0n) is 14.0. The Morgan fingerprint density at radius 1 is 1.55 bits per heavy atom. The molecule has 1 N–H and O–H groups in total. The molecule has 0 saturated carbocycles. The van der Waals surface area contributed by atoms with Crippen LogP contribution in [0.2, 0.25) is 0 Å². The van der Waals surface area contributed by atoms with Crippen LogP contribution in [0.4, 0.5) is 4.79 Å². The predicted molar refractivity (Wildman–Crippen MR) is 89.1 cm³/mol. The Morgan fingerprint density at radius 3 is 2.95 bits per heavy atom. The predicted octanol–water partition coefficient (Wildman–Crippen LogP) is 3.23. The Labute approximate surface area is 136 Å². The smallest absolute Gasteiger partial charge is 0.344 e. The molecule has 0 aliphatic carbocycles. The Kier molecular flexibility index (Phi) is 5.81. The minimum absolute atomic E-state index is 0.232. The number of aromatic nitrogens is 1. The molecule has 1 atom stereocenters. The summed E-state index contributed by atoms with van der Waals surface area (Å²) < 4.78 is 7.84. The lowest BCUT2D eigenvalue weighted by molar-refractivity contribution is 0.00556. The highest BCUT2D eigenvalue weighted by Crippen LogP contribution is 2.15. The second-order valence-corrected chi connectivity index (χ2v) is 7.76. The SMILES string of the molecule is CCC(C)(C)NC(=O)N=c1sc(C)cn1CC1CCCCO1. The van der Waals surface area contributed by atoms with Crippen molar-refractivity contribution >= 4 is 17.4 Å². The Balaban J connectivity index is 2.12. The summed E-state index contributed by atoms with van der Waals surface area (Å²) in [4.78, 5) is 18.3. The van der Waals surface area contributed by atoms with Crippen LogP contribution in [0, 0.1) is 6.92 Å². The van der Waals surface area contributed by atoms with E-state index in [9.17, 15) is 4.79 Å². The van der Waals surface area contributed by atoms with Crippen molar-refractivity contribution < 1.29 is 9.53 Å². The van der Waals surface area contributed by atoms with Gasteiger partial charge in [-0.2, -0.15) is 4.99 Å². The highest BCUT2D eigenvalue weighted by molar-refractivity contribution is 7.09. The first-order chi connectivity index (χ1) is 10.4. The maximum Gasteiger partial charge on any atom is 0.344 e. The van der Waals surface area contributed by atoms with Crippen LogP contribution in [-0.2, 0) is 11.3 Å². The number of urea groups is 1. The van der Waals surface area contributed by atoms with Crippen molar-refractivity contribution in [3.8, 4) is 0 Å². The van der Waals surface area contributed by atoms with Crippen molar-refractivity contribution in [3.05, 3.63) is 15.9 Å². The van der Waals surface area contributed by atoms with E-state index in [-0.39, 0.29) is 17.7 Å². The maximum atomic E-state index is 12.1. The number of aryl methyl sites for hydroxylation is 1. The van der Waals surface area contributed by atoms with Gasteiger partial charge in [0.25, 0.3) is 0 Å². The molecule has 0 bridgehead atoms. The highest BCUT2D eigenvalue weighted by Gasteiger charge is 2.18. The third-order valence-electron chi connectivity index (χ3n) is 4.04. The third-order valence-corrected chi connectivity index (χ3v) is 4.97. The van der Waals surface area contributed by atoms with Crippen LogP contribution in [0.3, 0.4) is 0 Å². The molecule has 22 heavy (non-hydrogen) atoms. The normalized spacial score (nSPS) is 20.2. The number of rotatable bonds is 4. The fourth-order valence-electron chi connectivity index (χ4n) is 2.38. The summed E-state index contributed by atoms with van der Waals surface area (Å²) in [5.41, 5.74) is -0.232. The van der Waals surface area contributed by atoms with E-state index in [4.69, 9.17) is 4.74 Å². The van der Waals surface area contributed by atoms with E-state index >= 15 is 0 Å². The quantitative estimate of drug-likeness (QED) is 0.924. The molecule has 0 radical (unpaired) electrons. The van der Waals surface area contributed by atoms with Crippen molar-refractivity contribution in [1.29, 1.82) is 0 Å². The number of ether oxygens (including phenoxy) is 1. The zero-order valence-corrected chi connectivity index (χ0v) is 14.8. The third kappa shape index (κ3) is 4.95. The molecule has 1 saturated heterocycles. The number of hydrogen-bond donors (Lipinski definition) is 1. The fraction of sp³-hybridized carbons (Fsp3) is 0.750. The fourth-order valence-corrected chi connectivity index (χ4v) is 3.23.